The molecular formula is C10H15F3N2OS2. The van der Waals surface area contributed by atoms with E-state index in [9.17, 15) is 17.4 Å². The van der Waals surface area contributed by atoms with E-state index in [1.54, 1.807) is 27.7 Å². The van der Waals surface area contributed by atoms with Crippen molar-refractivity contribution in [2.24, 2.45) is 0 Å². The zero-order chi connectivity index (χ0) is 14.1. The van der Waals surface area contributed by atoms with Gasteiger partial charge in [0.05, 0.1) is 15.7 Å². The molecule has 1 heterocycles. The Morgan fingerprint density at radius 3 is 2.28 bits per heavy atom. The number of aryl methyl sites for hydroxylation is 1. The zero-order valence-electron chi connectivity index (χ0n) is 10.5. The number of halogens is 3. The second-order valence-electron chi connectivity index (χ2n) is 4.78. The van der Waals surface area contributed by atoms with Crippen LogP contribution in [-0.2, 0) is 11.0 Å². The van der Waals surface area contributed by atoms with Crippen LogP contribution >= 0.6 is 11.3 Å². The number of hydrogen-bond acceptors (Lipinski definition) is 3. The summed E-state index contributed by atoms with van der Waals surface area (Å²) in [6.45, 7) is 6.50. The molecule has 0 aromatic carbocycles. The van der Waals surface area contributed by atoms with Crippen molar-refractivity contribution in [3.05, 3.63) is 16.1 Å². The normalized spacial score (nSPS) is 16.6. The van der Waals surface area contributed by atoms with Crippen molar-refractivity contribution >= 4 is 22.3 Å². The lowest BCUT2D eigenvalue weighted by molar-refractivity contribution is -0.152. The lowest BCUT2D eigenvalue weighted by atomic mass is 10.3. The summed E-state index contributed by atoms with van der Waals surface area (Å²) in [4.78, 5) is 4.40. The molecule has 2 atom stereocenters. The summed E-state index contributed by atoms with van der Waals surface area (Å²) in [6, 6.07) is -1.99. The summed E-state index contributed by atoms with van der Waals surface area (Å²) in [6.07, 6.45) is -3.15. The standard InChI is InChI=1S/C10H15F3N2OS2/c1-6-5-14-8(17-6)7(10(11,12)13)15-18(16)9(2,3)4/h5,7,15H,1-4H3. The molecule has 0 spiro atoms. The van der Waals surface area contributed by atoms with Crippen LogP contribution in [0.2, 0.25) is 0 Å². The molecule has 18 heavy (non-hydrogen) atoms. The summed E-state index contributed by atoms with van der Waals surface area (Å²) in [5, 5.41) is -0.113. The monoisotopic (exact) mass is 300 g/mol. The molecule has 0 saturated carbocycles. The molecule has 1 aromatic heterocycles. The Morgan fingerprint density at radius 2 is 1.94 bits per heavy atom. The van der Waals surface area contributed by atoms with Gasteiger partial charge >= 0.3 is 6.18 Å². The predicted molar refractivity (Wildman–Crippen MR) is 66.7 cm³/mol. The minimum atomic E-state index is -4.52. The fraction of sp³-hybridized carbons (Fsp3) is 0.700. The van der Waals surface area contributed by atoms with Crippen molar-refractivity contribution in [3.8, 4) is 0 Å². The lowest BCUT2D eigenvalue weighted by Crippen LogP contribution is -2.41. The highest BCUT2D eigenvalue weighted by Gasteiger charge is 2.44. The fourth-order valence-corrected chi connectivity index (χ4v) is 2.79. The number of aromatic nitrogens is 1. The maximum atomic E-state index is 12.9. The van der Waals surface area contributed by atoms with Gasteiger partial charge in [-0.1, -0.05) is 0 Å². The van der Waals surface area contributed by atoms with Crippen LogP contribution in [0.4, 0.5) is 13.2 Å². The number of nitrogens with one attached hydrogen (secondary N) is 1. The van der Waals surface area contributed by atoms with Crippen molar-refractivity contribution in [3.63, 3.8) is 0 Å². The largest absolute Gasteiger partial charge is 0.411 e. The molecule has 0 saturated heterocycles. The molecule has 1 rings (SSSR count). The molecule has 2 unspecified atom stereocenters. The maximum absolute atomic E-state index is 12.9. The number of rotatable bonds is 3. The highest BCUT2D eigenvalue weighted by Crippen LogP contribution is 2.35. The molecular weight excluding hydrogens is 285 g/mol. The molecule has 0 aliphatic carbocycles. The minimum absolute atomic E-state index is 0.113. The SMILES string of the molecule is Cc1cnc(C(NS(=O)C(C)(C)C)C(F)(F)F)s1. The summed E-state index contributed by atoms with van der Waals surface area (Å²) in [5.41, 5.74) is 0. The number of hydrogen-bond donors (Lipinski definition) is 1. The number of alkyl halides is 3. The molecule has 104 valence electrons. The summed E-state index contributed by atoms with van der Waals surface area (Å²) < 4.78 is 51.9. The molecule has 0 aliphatic heterocycles. The summed E-state index contributed by atoms with van der Waals surface area (Å²) in [5.74, 6) is 0. The van der Waals surface area contributed by atoms with Gasteiger partial charge < -0.3 is 0 Å². The third-order valence-electron chi connectivity index (χ3n) is 1.99. The Hall–Kier alpha value is -0.470. The first-order valence-corrected chi connectivity index (χ1v) is 7.15. The van der Waals surface area contributed by atoms with Crippen LogP contribution in [-0.4, -0.2) is 20.1 Å². The topological polar surface area (TPSA) is 42.0 Å². The molecule has 0 aliphatic rings. The number of thiazole rings is 1. The molecule has 0 fully saturated rings. The van der Waals surface area contributed by atoms with Crippen LogP contribution in [0.25, 0.3) is 0 Å². The summed E-state index contributed by atoms with van der Waals surface area (Å²) >= 11 is 0.947. The third kappa shape index (κ3) is 4.03. The van der Waals surface area contributed by atoms with Gasteiger partial charge in [-0.15, -0.1) is 11.3 Å². The van der Waals surface area contributed by atoms with Crippen molar-refractivity contribution in [2.45, 2.75) is 44.7 Å². The molecule has 0 bridgehead atoms. The minimum Gasteiger partial charge on any atom is -0.247 e. The highest BCUT2D eigenvalue weighted by molar-refractivity contribution is 7.84. The lowest BCUT2D eigenvalue weighted by Gasteiger charge is -2.24. The van der Waals surface area contributed by atoms with Crippen molar-refractivity contribution in [2.75, 3.05) is 0 Å². The van der Waals surface area contributed by atoms with Crippen molar-refractivity contribution < 1.29 is 17.4 Å². The van der Waals surface area contributed by atoms with E-state index in [1.807, 2.05) is 0 Å². The van der Waals surface area contributed by atoms with Crippen LogP contribution in [0.1, 0.15) is 36.7 Å². The van der Waals surface area contributed by atoms with E-state index in [-0.39, 0.29) is 5.01 Å². The van der Waals surface area contributed by atoms with Crippen LogP contribution in [0.3, 0.4) is 0 Å². The van der Waals surface area contributed by atoms with Gasteiger partial charge in [0, 0.05) is 11.1 Å². The maximum Gasteiger partial charge on any atom is 0.411 e. The quantitative estimate of drug-likeness (QED) is 0.932. The first kappa shape index (κ1) is 15.6. The van der Waals surface area contributed by atoms with Gasteiger partial charge in [0.15, 0.2) is 6.04 Å². The van der Waals surface area contributed by atoms with E-state index in [0.717, 1.165) is 11.3 Å². The molecule has 1 N–H and O–H groups in total. The van der Waals surface area contributed by atoms with Gasteiger partial charge in [0.2, 0.25) is 0 Å². The van der Waals surface area contributed by atoms with Gasteiger partial charge in [-0.25, -0.2) is 13.9 Å². The highest BCUT2D eigenvalue weighted by atomic mass is 32.2. The summed E-state index contributed by atoms with van der Waals surface area (Å²) in [7, 11) is -1.81. The third-order valence-corrected chi connectivity index (χ3v) is 4.53. The Bertz CT molecular complexity index is 437. The second kappa shape index (κ2) is 5.26. The van der Waals surface area contributed by atoms with E-state index in [1.165, 1.54) is 6.20 Å². The molecule has 3 nitrogen and oxygen atoms in total. The van der Waals surface area contributed by atoms with Gasteiger partial charge in [-0.05, 0) is 27.7 Å². The van der Waals surface area contributed by atoms with E-state index < -0.39 is 28.0 Å². The molecule has 0 amide bonds. The van der Waals surface area contributed by atoms with Crippen LogP contribution in [0.5, 0.6) is 0 Å². The van der Waals surface area contributed by atoms with Crippen molar-refractivity contribution in [1.29, 1.82) is 0 Å². The Morgan fingerprint density at radius 1 is 1.39 bits per heavy atom. The fourth-order valence-electron chi connectivity index (χ4n) is 1.05. The van der Waals surface area contributed by atoms with E-state index in [2.05, 4.69) is 9.71 Å². The van der Waals surface area contributed by atoms with Gasteiger partial charge in [0.25, 0.3) is 0 Å². The van der Waals surface area contributed by atoms with E-state index >= 15 is 0 Å². The van der Waals surface area contributed by atoms with Gasteiger partial charge in [-0.3, -0.25) is 0 Å². The first-order chi connectivity index (χ1) is 8.01. The predicted octanol–water partition coefficient (Wildman–Crippen LogP) is 3.11. The van der Waals surface area contributed by atoms with Gasteiger partial charge in [-0.2, -0.15) is 13.2 Å². The average Bonchev–Trinajstić information content (AvgIpc) is 2.57. The molecule has 0 radical (unpaired) electrons. The molecule has 1 aromatic rings. The zero-order valence-corrected chi connectivity index (χ0v) is 12.1. The molecule has 8 heteroatoms. The Kier molecular flexibility index (Phi) is 4.56. The van der Waals surface area contributed by atoms with Crippen LogP contribution in [0.15, 0.2) is 6.20 Å². The van der Waals surface area contributed by atoms with E-state index in [0.29, 0.717) is 4.88 Å². The van der Waals surface area contributed by atoms with Gasteiger partial charge in [0.1, 0.15) is 5.01 Å². The first-order valence-electron chi connectivity index (χ1n) is 5.19. The Labute approximate surface area is 110 Å². The smallest absolute Gasteiger partial charge is 0.247 e. The van der Waals surface area contributed by atoms with Crippen molar-refractivity contribution in [1.82, 2.24) is 9.71 Å². The van der Waals surface area contributed by atoms with Crippen LogP contribution < -0.4 is 4.72 Å². The number of nitrogens with zero attached hydrogens (tertiary/aromatic N) is 1. The Balaban J connectivity index is 2.98. The second-order valence-corrected chi connectivity index (χ2v) is 8.05. The van der Waals surface area contributed by atoms with Crippen LogP contribution in [0, 0.1) is 6.92 Å². The van der Waals surface area contributed by atoms with E-state index in [4.69, 9.17) is 0 Å². The average molecular weight is 300 g/mol.